The molecule has 14 heteroatoms. The maximum absolute atomic E-state index is 12.3. The molecule has 0 fully saturated rings. The van der Waals surface area contributed by atoms with Crippen LogP contribution in [-0.2, 0) is 0 Å². The molecule has 2 aromatic heterocycles. The van der Waals surface area contributed by atoms with Gasteiger partial charge in [0.05, 0.1) is 25.6 Å². The van der Waals surface area contributed by atoms with Gasteiger partial charge in [-0.15, -0.1) is 5.10 Å². The Morgan fingerprint density at radius 1 is 0.617 bits per heavy atom. The molecule has 6 rings (SSSR count). The fraction of sp³-hybridized carbons (Fsp3) is 0.0909. The Morgan fingerprint density at radius 3 is 1.55 bits per heavy atom. The zero-order valence-electron chi connectivity index (χ0n) is 25.6. The molecule has 0 saturated carbocycles. The first-order valence-corrected chi connectivity index (χ1v) is 14.4. The molecule has 6 aromatic rings. The smallest absolute Gasteiger partial charge is 0.418 e. The lowest BCUT2D eigenvalue weighted by atomic mass is 10.2. The van der Waals surface area contributed by atoms with Gasteiger partial charge in [0.25, 0.3) is 0 Å². The lowest BCUT2D eigenvalue weighted by Crippen LogP contribution is -2.17. The van der Waals surface area contributed by atoms with Crippen molar-refractivity contribution >= 4 is 46.8 Å². The first kappa shape index (κ1) is 30.3. The summed E-state index contributed by atoms with van der Waals surface area (Å²) in [4.78, 5) is 26.1. The number of amides is 1. The number of aromatic nitrogens is 6. The molecule has 0 aliphatic rings. The largest absolute Gasteiger partial charge is 0.497 e. The van der Waals surface area contributed by atoms with Crippen molar-refractivity contribution < 1.29 is 19.0 Å². The van der Waals surface area contributed by atoms with Crippen LogP contribution in [0.2, 0.25) is 0 Å². The van der Waals surface area contributed by atoms with Gasteiger partial charge in [-0.2, -0.15) is 15.0 Å². The number of anilines is 7. The Labute approximate surface area is 269 Å². The molecule has 236 valence electrons. The Balaban J connectivity index is 1.18. The molecule has 47 heavy (non-hydrogen) atoms. The summed E-state index contributed by atoms with van der Waals surface area (Å²) in [6.45, 7) is 1.80. The van der Waals surface area contributed by atoms with Crippen LogP contribution in [0, 0.1) is 6.92 Å². The van der Waals surface area contributed by atoms with E-state index < -0.39 is 6.09 Å². The Kier molecular flexibility index (Phi) is 9.00. The summed E-state index contributed by atoms with van der Waals surface area (Å²) < 4.78 is 17.4. The van der Waals surface area contributed by atoms with Gasteiger partial charge >= 0.3 is 6.09 Å². The molecule has 1 amide bonds. The molecular formula is C33H30N10O4. The monoisotopic (exact) mass is 630 g/mol. The van der Waals surface area contributed by atoms with Gasteiger partial charge in [-0.1, -0.05) is 23.4 Å². The van der Waals surface area contributed by atoms with Crippen molar-refractivity contribution in [1.29, 1.82) is 0 Å². The van der Waals surface area contributed by atoms with E-state index in [1.165, 1.54) is 0 Å². The summed E-state index contributed by atoms with van der Waals surface area (Å²) in [5.74, 6) is 3.13. The molecule has 0 unspecified atom stereocenters. The molecule has 4 aromatic carbocycles. The number of hydrogen-bond acceptors (Lipinski definition) is 12. The second-order valence-corrected chi connectivity index (χ2v) is 9.95. The Morgan fingerprint density at radius 2 is 1.09 bits per heavy atom. The maximum Gasteiger partial charge on any atom is 0.418 e. The third kappa shape index (κ3) is 7.69. The van der Waals surface area contributed by atoms with Crippen LogP contribution in [0.15, 0.2) is 103 Å². The zero-order chi connectivity index (χ0) is 32.6. The van der Waals surface area contributed by atoms with Crippen LogP contribution in [0.4, 0.5) is 45.5 Å². The van der Waals surface area contributed by atoms with Crippen molar-refractivity contribution in [2.75, 3.05) is 35.5 Å². The quantitative estimate of drug-likeness (QED) is 0.121. The summed E-state index contributed by atoms with van der Waals surface area (Å²) in [7, 11) is 3.23. The maximum atomic E-state index is 12.3. The van der Waals surface area contributed by atoms with E-state index in [0.717, 1.165) is 28.6 Å². The first-order chi connectivity index (χ1) is 22.9. The average molecular weight is 631 g/mol. The van der Waals surface area contributed by atoms with Gasteiger partial charge in [0.2, 0.25) is 17.8 Å². The molecular weight excluding hydrogens is 600 g/mol. The third-order valence-electron chi connectivity index (χ3n) is 6.76. The first-order valence-electron chi connectivity index (χ1n) is 14.4. The van der Waals surface area contributed by atoms with Gasteiger partial charge in [-0.3, -0.25) is 5.32 Å². The predicted molar refractivity (Wildman–Crippen MR) is 178 cm³/mol. The summed E-state index contributed by atoms with van der Waals surface area (Å²) in [5.41, 5.74) is 3.61. The molecule has 4 N–H and O–H groups in total. The van der Waals surface area contributed by atoms with E-state index in [9.17, 15) is 4.79 Å². The van der Waals surface area contributed by atoms with Gasteiger partial charge < -0.3 is 30.2 Å². The highest BCUT2D eigenvalue weighted by molar-refractivity contribution is 5.85. The van der Waals surface area contributed by atoms with E-state index in [0.29, 0.717) is 35.0 Å². The Hall–Kier alpha value is -6.70. The van der Waals surface area contributed by atoms with Gasteiger partial charge in [0.15, 0.2) is 5.82 Å². The fourth-order valence-corrected chi connectivity index (χ4v) is 4.37. The number of carbonyl (C=O) groups excluding carboxylic acids is 1. The van der Waals surface area contributed by atoms with Crippen LogP contribution in [0.1, 0.15) is 5.69 Å². The highest BCUT2D eigenvalue weighted by Crippen LogP contribution is 2.25. The summed E-state index contributed by atoms with van der Waals surface area (Å²) >= 11 is 0. The van der Waals surface area contributed by atoms with Crippen LogP contribution in [0.3, 0.4) is 0 Å². The van der Waals surface area contributed by atoms with Crippen LogP contribution in [0.25, 0.3) is 5.69 Å². The number of nitrogens with zero attached hydrogens (tertiary/aromatic N) is 6. The molecule has 0 bridgehead atoms. The van der Waals surface area contributed by atoms with Crippen LogP contribution < -0.4 is 35.5 Å². The normalized spacial score (nSPS) is 10.5. The summed E-state index contributed by atoms with van der Waals surface area (Å²) in [6, 6.07) is 31.0. The van der Waals surface area contributed by atoms with Crippen molar-refractivity contribution in [3.05, 3.63) is 109 Å². The summed E-state index contributed by atoms with van der Waals surface area (Å²) in [6.07, 6.45) is -0.662. The molecule has 0 radical (unpaired) electrons. The van der Waals surface area contributed by atoms with E-state index in [1.807, 2.05) is 78.9 Å². The lowest BCUT2D eigenvalue weighted by molar-refractivity contribution is 0.215. The minimum absolute atomic E-state index is 0.284. The second kappa shape index (κ2) is 13.9. The number of ether oxygens (including phenoxy) is 3. The molecule has 2 heterocycles. The van der Waals surface area contributed by atoms with E-state index in [2.05, 4.69) is 46.5 Å². The van der Waals surface area contributed by atoms with E-state index in [4.69, 9.17) is 14.2 Å². The van der Waals surface area contributed by atoms with Crippen molar-refractivity contribution in [1.82, 2.24) is 29.9 Å². The van der Waals surface area contributed by atoms with Crippen LogP contribution >= 0.6 is 0 Å². The zero-order valence-corrected chi connectivity index (χ0v) is 25.6. The van der Waals surface area contributed by atoms with Crippen LogP contribution in [-0.4, -0.2) is 50.3 Å². The molecule has 0 saturated heterocycles. The van der Waals surface area contributed by atoms with Crippen LogP contribution in [0.5, 0.6) is 17.2 Å². The average Bonchev–Trinajstić information content (AvgIpc) is 3.45. The molecule has 14 nitrogen and oxygen atoms in total. The lowest BCUT2D eigenvalue weighted by Gasteiger charge is -2.12. The SMILES string of the molecule is COc1ccc(Nc2nc(Nc3ccc(OC)cc3)nc(Nc3ccc(-n4nnc(NC(=O)Oc5ccccc5)c4C)cc3)n2)cc1. The van der Waals surface area contributed by atoms with Crippen molar-refractivity contribution in [2.24, 2.45) is 0 Å². The van der Waals surface area contributed by atoms with Gasteiger partial charge in [-0.05, 0) is 91.9 Å². The Bertz CT molecular complexity index is 1880. The van der Waals surface area contributed by atoms with Gasteiger partial charge in [-0.25, -0.2) is 9.48 Å². The van der Waals surface area contributed by atoms with E-state index in [1.54, 1.807) is 50.1 Å². The molecule has 0 spiro atoms. The number of nitrogens with one attached hydrogen (secondary N) is 4. The minimum atomic E-state index is -0.662. The third-order valence-corrected chi connectivity index (χ3v) is 6.76. The van der Waals surface area contributed by atoms with Gasteiger partial charge in [0, 0.05) is 17.1 Å². The number of methoxy groups -OCH3 is 2. The fourth-order valence-electron chi connectivity index (χ4n) is 4.37. The second-order valence-electron chi connectivity index (χ2n) is 9.95. The van der Waals surface area contributed by atoms with Crippen molar-refractivity contribution in [3.63, 3.8) is 0 Å². The molecule has 0 aliphatic heterocycles. The number of carbonyl (C=O) groups is 1. The van der Waals surface area contributed by atoms with E-state index in [-0.39, 0.29) is 5.82 Å². The number of hydrogen-bond donors (Lipinski definition) is 4. The minimum Gasteiger partial charge on any atom is -0.497 e. The molecule has 0 aliphatic carbocycles. The van der Waals surface area contributed by atoms with E-state index >= 15 is 0 Å². The van der Waals surface area contributed by atoms with Gasteiger partial charge in [0.1, 0.15) is 17.2 Å². The van der Waals surface area contributed by atoms with Crippen molar-refractivity contribution in [3.8, 4) is 22.9 Å². The van der Waals surface area contributed by atoms with Crippen molar-refractivity contribution in [2.45, 2.75) is 6.92 Å². The highest BCUT2D eigenvalue weighted by Gasteiger charge is 2.15. The summed E-state index contributed by atoms with van der Waals surface area (Å²) in [5, 5.41) is 20.6. The molecule has 0 atom stereocenters. The number of para-hydroxylation sites is 1. The number of benzene rings is 4. The standard InChI is InChI=1S/C33H30N10O4/c1-21-29(37-33(44)47-28-7-5-4-6-8-28)41-42-43(21)25-15-9-22(10-16-25)34-30-38-31(35-23-11-17-26(45-2)18-12-23)40-32(39-30)36-24-13-19-27(46-3)20-14-24/h4-20H,1-3H3,(H,37,44)(H3,34,35,36,38,39,40). The predicted octanol–water partition coefficient (Wildman–Crippen LogP) is 6.62. The number of rotatable bonds is 11. The highest BCUT2D eigenvalue weighted by atomic mass is 16.6. The topological polar surface area (TPSA) is 162 Å².